The molecule has 0 bridgehead atoms. The summed E-state index contributed by atoms with van der Waals surface area (Å²) in [6.45, 7) is 1.88. The number of fused-ring (bicyclic) bond motifs is 1. The lowest BCUT2D eigenvalue weighted by Crippen LogP contribution is -2.17. The normalized spacial score (nSPS) is 11.2. The van der Waals surface area contributed by atoms with Gasteiger partial charge in [-0.1, -0.05) is 6.07 Å². The van der Waals surface area contributed by atoms with Crippen molar-refractivity contribution in [2.45, 2.75) is 19.4 Å². The summed E-state index contributed by atoms with van der Waals surface area (Å²) < 4.78 is 20.9. The van der Waals surface area contributed by atoms with Crippen LogP contribution in [0, 0.1) is 5.82 Å². The highest BCUT2D eigenvalue weighted by Crippen LogP contribution is 2.22. The largest absolute Gasteiger partial charge is 0.494 e. The standard InChI is InChI=1S/C22H26FN3O2/c1-25(2)12-13-26-11-10-17-15-18(6-7-20(17)26)24-22(27)9-5-16-4-8-21(28-3)19(23)14-16/h4,6-8,10-11,14-15H,5,9,12-13H2,1-3H3,(H,24,27). The van der Waals surface area contributed by atoms with Crippen molar-refractivity contribution in [1.29, 1.82) is 0 Å². The van der Waals surface area contributed by atoms with Crippen LogP contribution >= 0.6 is 0 Å². The molecule has 1 amide bonds. The summed E-state index contributed by atoms with van der Waals surface area (Å²) in [4.78, 5) is 14.4. The van der Waals surface area contributed by atoms with Gasteiger partial charge in [-0.3, -0.25) is 4.79 Å². The summed E-state index contributed by atoms with van der Waals surface area (Å²) in [5, 5.41) is 4.02. The first kappa shape index (κ1) is 19.9. The number of likely N-dealkylation sites (N-methyl/N-ethyl adjacent to an activating group) is 1. The number of hydrogen-bond acceptors (Lipinski definition) is 3. The van der Waals surface area contributed by atoms with Crippen LogP contribution in [0.3, 0.4) is 0 Å². The summed E-state index contributed by atoms with van der Waals surface area (Å²) >= 11 is 0. The van der Waals surface area contributed by atoms with Crippen molar-refractivity contribution >= 4 is 22.5 Å². The third kappa shape index (κ3) is 4.89. The maximum atomic E-state index is 13.7. The van der Waals surface area contributed by atoms with Crippen LogP contribution < -0.4 is 10.1 Å². The van der Waals surface area contributed by atoms with E-state index in [-0.39, 0.29) is 18.1 Å². The molecule has 1 aromatic heterocycles. The molecule has 1 N–H and O–H groups in total. The molecule has 0 radical (unpaired) electrons. The average Bonchev–Trinajstić information content (AvgIpc) is 3.07. The van der Waals surface area contributed by atoms with Gasteiger partial charge in [0.2, 0.25) is 5.91 Å². The quantitative estimate of drug-likeness (QED) is 0.641. The zero-order valence-corrected chi connectivity index (χ0v) is 16.5. The maximum Gasteiger partial charge on any atom is 0.224 e. The average molecular weight is 383 g/mol. The number of carbonyl (C=O) groups is 1. The van der Waals surface area contributed by atoms with Crippen LogP contribution in [0.4, 0.5) is 10.1 Å². The van der Waals surface area contributed by atoms with Crippen molar-refractivity contribution in [3.63, 3.8) is 0 Å². The van der Waals surface area contributed by atoms with E-state index in [1.54, 1.807) is 12.1 Å². The second-order valence-electron chi connectivity index (χ2n) is 7.10. The van der Waals surface area contributed by atoms with Gasteiger partial charge in [0.05, 0.1) is 7.11 Å². The number of nitrogens with one attached hydrogen (secondary N) is 1. The molecule has 0 fully saturated rings. The number of aryl methyl sites for hydroxylation is 1. The molecular weight excluding hydrogens is 357 g/mol. The lowest BCUT2D eigenvalue weighted by molar-refractivity contribution is -0.116. The van der Waals surface area contributed by atoms with Crippen LogP contribution in [-0.4, -0.2) is 43.1 Å². The molecule has 1 heterocycles. The Morgan fingerprint density at radius 2 is 2.00 bits per heavy atom. The van der Waals surface area contributed by atoms with E-state index in [4.69, 9.17) is 4.74 Å². The van der Waals surface area contributed by atoms with E-state index in [2.05, 4.69) is 41.1 Å². The van der Waals surface area contributed by atoms with Crippen molar-refractivity contribution < 1.29 is 13.9 Å². The van der Waals surface area contributed by atoms with E-state index in [0.717, 1.165) is 35.2 Å². The molecule has 3 rings (SSSR count). The molecule has 148 valence electrons. The van der Waals surface area contributed by atoms with E-state index >= 15 is 0 Å². The molecule has 0 unspecified atom stereocenters. The van der Waals surface area contributed by atoms with Gasteiger partial charge < -0.3 is 19.5 Å². The molecule has 3 aromatic rings. The van der Waals surface area contributed by atoms with Crippen LogP contribution in [0.2, 0.25) is 0 Å². The highest BCUT2D eigenvalue weighted by molar-refractivity contribution is 5.94. The van der Waals surface area contributed by atoms with Crippen molar-refractivity contribution in [2.75, 3.05) is 33.1 Å². The van der Waals surface area contributed by atoms with E-state index in [1.807, 2.05) is 18.2 Å². The van der Waals surface area contributed by atoms with Gasteiger partial charge in [-0.05, 0) is 62.5 Å². The Morgan fingerprint density at radius 1 is 1.18 bits per heavy atom. The van der Waals surface area contributed by atoms with Crippen LogP contribution in [0.1, 0.15) is 12.0 Å². The third-order valence-electron chi connectivity index (χ3n) is 4.70. The Morgan fingerprint density at radius 3 is 2.71 bits per heavy atom. The van der Waals surface area contributed by atoms with Crippen molar-refractivity contribution in [3.8, 4) is 5.75 Å². The molecule has 5 nitrogen and oxygen atoms in total. The van der Waals surface area contributed by atoms with E-state index < -0.39 is 5.82 Å². The fourth-order valence-electron chi connectivity index (χ4n) is 3.13. The number of aromatic nitrogens is 1. The van der Waals surface area contributed by atoms with Gasteiger partial charge in [-0.25, -0.2) is 4.39 Å². The maximum absolute atomic E-state index is 13.7. The Labute approximate surface area is 164 Å². The van der Waals surface area contributed by atoms with Crippen LogP contribution in [0.25, 0.3) is 10.9 Å². The summed E-state index contributed by atoms with van der Waals surface area (Å²) in [7, 11) is 5.54. The van der Waals surface area contributed by atoms with E-state index in [0.29, 0.717) is 6.42 Å². The molecule has 0 saturated heterocycles. The minimum absolute atomic E-state index is 0.0948. The third-order valence-corrected chi connectivity index (χ3v) is 4.70. The number of anilines is 1. The van der Waals surface area contributed by atoms with E-state index in [1.165, 1.54) is 13.2 Å². The van der Waals surface area contributed by atoms with Crippen molar-refractivity contribution in [2.24, 2.45) is 0 Å². The Hall–Kier alpha value is -2.86. The number of rotatable bonds is 8. The van der Waals surface area contributed by atoms with Gasteiger partial charge in [-0.15, -0.1) is 0 Å². The second-order valence-corrected chi connectivity index (χ2v) is 7.10. The van der Waals surface area contributed by atoms with Crippen molar-refractivity contribution in [1.82, 2.24) is 9.47 Å². The lowest BCUT2D eigenvalue weighted by atomic mass is 10.1. The van der Waals surface area contributed by atoms with Gasteiger partial charge >= 0.3 is 0 Å². The van der Waals surface area contributed by atoms with E-state index in [9.17, 15) is 9.18 Å². The van der Waals surface area contributed by atoms with Crippen LogP contribution in [-0.2, 0) is 17.8 Å². The van der Waals surface area contributed by atoms with Crippen LogP contribution in [0.15, 0.2) is 48.7 Å². The molecule has 2 aromatic carbocycles. The number of halogens is 1. The predicted molar refractivity (Wildman–Crippen MR) is 110 cm³/mol. The highest BCUT2D eigenvalue weighted by atomic mass is 19.1. The number of benzene rings is 2. The zero-order chi connectivity index (χ0) is 20.1. The number of amides is 1. The molecule has 0 aliphatic carbocycles. The highest BCUT2D eigenvalue weighted by Gasteiger charge is 2.08. The molecule has 0 aliphatic heterocycles. The smallest absolute Gasteiger partial charge is 0.224 e. The SMILES string of the molecule is COc1ccc(CCC(=O)Nc2ccc3c(ccn3CCN(C)C)c2)cc1F. The van der Waals surface area contributed by atoms with Gasteiger partial charge in [0.25, 0.3) is 0 Å². The molecular formula is C22H26FN3O2. The first-order chi connectivity index (χ1) is 13.5. The van der Waals surface area contributed by atoms with Crippen LogP contribution in [0.5, 0.6) is 5.75 Å². The van der Waals surface area contributed by atoms with Gasteiger partial charge in [0.1, 0.15) is 0 Å². The molecule has 0 atom stereocenters. The van der Waals surface area contributed by atoms with Gasteiger partial charge in [0, 0.05) is 42.3 Å². The summed E-state index contributed by atoms with van der Waals surface area (Å²) in [6, 6.07) is 12.7. The molecule has 0 saturated carbocycles. The molecule has 6 heteroatoms. The monoisotopic (exact) mass is 383 g/mol. The first-order valence-corrected chi connectivity index (χ1v) is 9.32. The Kier molecular flexibility index (Phi) is 6.31. The number of methoxy groups -OCH3 is 1. The first-order valence-electron chi connectivity index (χ1n) is 9.32. The van der Waals surface area contributed by atoms with Crippen molar-refractivity contribution in [3.05, 3.63) is 60.0 Å². The lowest BCUT2D eigenvalue weighted by Gasteiger charge is -2.11. The fraction of sp³-hybridized carbons (Fsp3) is 0.318. The summed E-state index contributed by atoms with van der Waals surface area (Å²) in [6.07, 6.45) is 2.82. The topological polar surface area (TPSA) is 46.5 Å². The minimum atomic E-state index is -0.412. The second kappa shape index (κ2) is 8.89. The Bertz CT molecular complexity index is 966. The number of hydrogen-bond donors (Lipinski definition) is 1. The molecule has 28 heavy (non-hydrogen) atoms. The zero-order valence-electron chi connectivity index (χ0n) is 16.5. The number of nitrogens with zero attached hydrogens (tertiary/aromatic N) is 2. The van der Waals surface area contributed by atoms with Gasteiger partial charge in [-0.2, -0.15) is 0 Å². The number of carbonyl (C=O) groups excluding carboxylic acids is 1. The minimum Gasteiger partial charge on any atom is -0.494 e. The number of ether oxygens (including phenoxy) is 1. The fourth-order valence-corrected chi connectivity index (χ4v) is 3.13. The summed E-state index contributed by atoms with van der Waals surface area (Å²) in [5.74, 6) is -0.300. The Balaban J connectivity index is 1.59. The summed E-state index contributed by atoms with van der Waals surface area (Å²) in [5.41, 5.74) is 2.68. The predicted octanol–water partition coefficient (Wildman–Crippen LogP) is 3.92. The molecule has 0 aliphatic rings. The van der Waals surface area contributed by atoms with Gasteiger partial charge in [0.15, 0.2) is 11.6 Å². The molecule has 0 spiro atoms.